The Balaban J connectivity index is 1.41. The van der Waals surface area contributed by atoms with Crippen LogP contribution in [0.25, 0.3) is 16.8 Å². The second kappa shape index (κ2) is 10.8. The highest BCUT2D eigenvalue weighted by atomic mass is 19.1. The first-order chi connectivity index (χ1) is 19.2. The number of hydrogen-bond donors (Lipinski definition) is 2. The molecule has 0 saturated carbocycles. The molecule has 0 saturated heterocycles. The molecule has 2 N–H and O–H groups in total. The molecule has 1 atom stereocenters. The summed E-state index contributed by atoms with van der Waals surface area (Å²) in [6.45, 7) is 8.69. The monoisotopic (exact) mass is 539 g/mol. The molecule has 9 heteroatoms. The van der Waals surface area contributed by atoms with Crippen molar-refractivity contribution in [2.45, 2.75) is 32.7 Å². The van der Waals surface area contributed by atoms with Crippen molar-refractivity contribution >= 4 is 23.2 Å². The normalized spacial score (nSPS) is 17.8. The number of aliphatic imine (C=N–C) groups is 1. The minimum Gasteiger partial charge on any atom is -0.478 e. The number of amides is 1. The van der Waals surface area contributed by atoms with Crippen LogP contribution in [0.15, 0.2) is 84.0 Å². The molecule has 5 rings (SSSR count). The van der Waals surface area contributed by atoms with Crippen LogP contribution in [0.2, 0.25) is 0 Å². The Morgan fingerprint density at radius 1 is 1.25 bits per heavy atom. The molecule has 0 bridgehead atoms. The molecule has 40 heavy (non-hydrogen) atoms. The number of carboxylic acid groups (broad SMARTS) is 1. The van der Waals surface area contributed by atoms with Gasteiger partial charge in [0.2, 0.25) is 0 Å². The lowest BCUT2D eigenvalue weighted by atomic mass is 10.00. The first kappa shape index (κ1) is 26.8. The molecule has 2 aliphatic rings. The molecule has 1 aromatic carbocycles. The van der Waals surface area contributed by atoms with E-state index in [4.69, 9.17) is 5.11 Å². The van der Waals surface area contributed by atoms with E-state index in [2.05, 4.69) is 27.6 Å². The number of carbonyl (C=O) groups is 2. The highest BCUT2D eigenvalue weighted by Crippen LogP contribution is 2.31. The molecule has 0 aliphatic carbocycles. The molecule has 1 unspecified atom stereocenters. The van der Waals surface area contributed by atoms with Gasteiger partial charge in [-0.05, 0) is 67.3 Å². The number of nitrogens with one attached hydrogen (secondary N) is 1. The highest BCUT2D eigenvalue weighted by molar-refractivity contribution is 6.43. The summed E-state index contributed by atoms with van der Waals surface area (Å²) in [4.78, 5) is 40.5. The molecule has 0 spiro atoms. The van der Waals surface area contributed by atoms with Crippen molar-refractivity contribution in [3.63, 3.8) is 0 Å². The van der Waals surface area contributed by atoms with E-state index in [9.17, 15) is 9.59 Å². The third-order valence-electron chi connectivity index (χ3n) is 7.46. The van der Waals surface area contributed by atoms with Gasteiger partial charge in [0.15, 0.2) is 0 Å². The Morgan fingerprint density at radius 2 is 2.05 bits per heavy atom. The number of carboxylic acids is 1. The zero-order chi connectivity index (χ0) is 28.6. The standard InChI is InChI=1S/C31H30FN5O3/c1-5-23-16-27(30(38)37-13-11-20-10-12-33-29(20)19(37)3)35-28(36(23)4)14-18(2)24-8-6-21(15-25(24)32)26-9-7-22(17-34-26)31(39)40/h6-10,12,14-17,19,33H,2,5,11,13H2,1,3-4H3,(H,39,40)/b28-14-. The molecular weight excluding hydrogens is 509 g/mol. The van der Waals surface area contributed by atoms with Crippen LogP contribution in [-0.2, 0) is 11.2 Å². The average molecular weight is 540 g/mol. The molecule has 8 nitrogen and oxygen atoms in total. The lowest BCUT2D eigenvalue weighted by Crippen LogP contribution is -2.43. The van der Waals surface area contributed by atoms with Crippen LogP contribution < -0.4 is 0 Å². The number of nitrogens with zero attached hydrogens (tertiary/aromatic N) is 4. The minimum absolute atomic E-state index is 0.0557. The van der Waals surface area contributed by atoms with Crippen LogP contribution in [0.1, 0.15) is 53.5 Å². The van der Waals surface area contributed by atoms with Crippen LogP contribution in [0.3, 0.4) is 0 Å². The van der Waals surface area contributed by atoms with Crippen LogP contribution in [0.5, 0.6) is 0 Å². The van der Waals surface area contributed by atoms with Gasteiger partial charge in [0, 0.05) is 48.5 Å². The van der Waals surface area contributed by atoms with Crippen LogP contribution in [0, 0.1) is 5.82 Å². The second-order valence-corrected chi connectivity index (χ2v) is 9.85. The van der Waals surface area contributed by atoms with Gasteiger partial charge in [-0.1, -0.05) is 25.6 Å². The van der Waals surface area contributed by atoms with E-state index in [1.165, 1.54) is 30.0 Å². The number of rotatable bonds is 6. The van der Waals surface area contributed by atoms with Crippen LogP contribution in [-0.4, -0.2) is 56.1 Å². The first-order valence-corrected chi connectivity index (χ1v) is 13.1. The van der Waals surface area contributed by atoms with Crippen molar-refractivity contribution in [2.75, 3.05) is 13.6 Å². The van der Waals surface area contributed by atoms with E-state index in [0.29, 0.717) is 41.3 Å². The van der Waals surface area contributed by atoms with Gasteiger partial charge in [0.05, 0.1) is 17.3 Å². The van der Waals surface area contributed by atoms with Crippen molar-refractivity contribution in [3.05, 3.63) is 107 Å². The van der Waals surface area contributed by atoms with E-state index < -0.39 is 11.8 Å². The van der Waals surface area contributed by atoms with Gasteiger partial charge in [-0.3, -0.25) is 9.78 Å². The van der Waals surface area contributed by atoms with Gasteiger partial charge in [-0.15, -0.1) is 0 Å². The lowest BCUT2D eigenvalue weighted by molar-refractivity contribution is -0.126. The zero-order valence-electron chi connectivity index (χ0n) is 22.6. The summed E-state index contributed by atoms with van der Waals surface area (Å²) in [5, 5.41) is 9.07. The van der Waals surface area contributed by atoms with Gasteiger partial charge >= 0.3 is 5.97 Å². The number of halogens is 1. The molecule has 4 heterocycles. The number of benzene rings is 1. The molecule has 0 radical (unpaired) electrons. The van der Waals surface area contributed by atoms with Gasteiger partial charge in [0.25, 0.3) is 5.91 Å². The van der Waals surface area contributed by atoms with Gasteiger partial charge in [-0.25, -0.2) is 14.2 Å². The maximum absolute atomic E-state index is 15.2. The topological polar surface area (TPSA) is 102 Å². The summed E-state index contributed by atoms with van der Waals surface area (Å²) >= 11 is 0. The molecule has 1 amide bonds. The molecule has 204 valence electrons. The molecular formula is C31H30FN5O3. The summed E-state index contributed by atoms with van der Waals surface area (Å²) in [5.74, 6) is -1.24. The summed E-state index contributed by atoms with van der Waals surface area (Å²) in [5.41, 5.74) is 5.22. The van der Waals surface area contributed by atoms with Crippen molar-refractivity contribution in [1.29, 1.82) is 0 Å². The number of pyridine rings is 1. The predicted molar refractivity (Wildman–Crippen MR) is 152 cm³/mol. The third-order valence-corrected chi connectivity index (χ3v) is 7.46. The minimum atomic E-state index is -1.08. The van der Waals surface area contributed by atoms with Crippen molar-refractivity contribution < 1.29 is 19.1 Å². The Bertz CT molecular complexity index is 1600. The Hall–Kier alpha value is -4.79. The summed E-state index contributed by atoms with van der Waals surface area (Å²) < 4.78 is 15.2. The average Bonchev–Trinajstić information content (AvgIpc) is 3.44. The van der Waals surface area contributed by atoms with E-state index in [1.54, 1.807) is 18.2 Å². The predicted octanol–water partition coefficient (Wildman–Crippen LogP) is 5.59. The third kappa shape index (κ3) is 4.98. The summed E-state index contributed by atoms with van der Waals surface area (Å²) in [6, 6.07) is 9.58. The van der Waals surface area contributed by atoms with Crippen molar-refractivity contribution in [3.8, 4) is 11.3 Å². The number of fused-ring (bicyclic) bond motifs is 1. The number of aromatic nitrogens is 2. The lowest BCUT2D eigenvalue weighted by Gasteiger charge is -2.35. The van der Waals surface area contributed by atoms with E-state index >= 15 is 4.39 Å². The molecule has 3 aromatic rings. The van der Waals surface area contributed by atoms with Crippen molar-refractivity contribution in [2.24, 2.45) is 4.99 Å². The zero-order valence-corrected chi connectivity index (χ0v) is 22.6. The van der Waals surface area contributed by atoms with Gasteiger partial charge < -0.3 is 19.9 Å². The van der Waals surface area contributed by atoms with E-state index in [-0.39, 0.29) is 23.1 Å². The summed E-state index contributed by atoms with van der Waals surface area (Å²) in [6.07, 6.45) is 8.10. The maximum Gasteiger partial charge on any atom is 0.337 e. The van der Waals surface area contributed by atoms with Gasteiger partial charge in [0.1, 0.15) is 17.3 Å². The molecule has 2 aromatic heterocycles. The SMILES string of the molecule is C=C(/C=C1/N=C(C(=O)N2CCc3cc[nH]c3C2C)C=C(CC)N1C)c1ccc(-c2ccc(C(=O)O)cn2)cc1F. The largest absolute Gasteiger partial charge is 0.478 e. The number of aromatic carboxylic acids is 1. The maximum atomic E-state index is 15.2. The summed E-state index contributed by atoms with van der Waals surface area (Å²) in [7, 11) is 1.86. The number of H-pyrrole nitrogens is 1. The number of aromatic amines is 1. The number of hydrogen-bond acceptors (Lipinski definition) is 5. The fraction of sp³-hybridized carbons (Fsp3) is 0.226. The Kier molecular flexibility index (Phi) is 7.21. The number of carbonyl (C=O) groups excluding carboxylic acids is 1. The van der Waals surface area contributed by atoms with Crippen molar-refractivity contribution in [1.82, 2.24) is 19.8 Å². The van der Waals surface area contributed by atoms with Crippen LogP contribution >= 0.6 is 0 Å². The van der Waals surface area contributed by atoms with E-state index in [1.807, 2.05) is 43.0 Å². The van der Waals surface area contributed by atoms with E-state index in [0.717, 1.165) is 17.8 Å². The quantitative estimate of drug-likeness (QED) is 0.425. The van der Waals surface area contributed by atoms with Crippen LogP contribution in [0.4, 0.5) is 4.39 Å². The Morgan fingerprint density at radius 3 is 2.73 bits per heavy atom. The first-order valence-electron chi connectivity index (χ1n) is 13.1. The fourth-order valence-electron chi connectivity index (χ4n) is 5.11. The van der Waals surface area contributed by atoms with Gasteiger partial charge in [-0.2, -0.15) is 0 Å². The highest BCUT2D eigenvalue weighted by Gasteiger charge is 2.32. The smallest absolute Gasteiger partial charge is 0.337 e. The second-order valence-electron chi connectivity index (χ2n) is 9.85. The molecule has 0 fully saturated rings. The molecule has 2 aliphatic heterocycles. The number of allylic oxidation sites excluding steroid dienone is 3. The fourth-order valence-corrected chi connectivity index (χ4v) is 5.11. The Labute approximate surface area is 231 Å².